The van der Waals surface area contributed by atoms with Gasteiger partial charge in [-0.25, -0.2) is 19.4 Å². The minimum Gasteiger partial charge on any atom is -0.478 e. The van der Waals surface area contributed by atoms with E-state index in [4.69, 9.17) is 10.2 Å². The maximum absolute atomic E-state index is 12.9. The molecule has 2 aromatic rings. The average molecular weight is 532 g/mol. The van der Waals surface area contributed by atoms with Gasteiger partial charge in [0.05, 0.1) is 12.9 Å². The molecule has 0 aromatic carbocycles. The van der Waals surface area contributed by atoms with Gasteiger partial charge in [-0.1, -0.05) is 18.8 Å². The molecule has 0 bridgehead atoms. The van der Waals surface area contributed by atoms with Crippen LogP contribution in [0.25, 0.3) is 11.2 Å². The van der Waals surface area contributed by atoms with Crippen LogP contribution in [0.1, 0.15) is 52.4 Å². The van der Waals surface area contributed by atoms with Crippen molar-refractivity contribution >= 4 is 23.1 Å². The number of hydrogen-bond acceptors (Lipinski definition) is 7. The number of unbranched alkanes of at least 4 members (excludes halogenated alkanes) is 1. The molecule has 1 aliphatic heterocycles. The fraction of sp³-hybridized carbons (Fsp3) is 0.577. The Labute approximate surface area is 220 Å². The van der Waals surface area contributed by atoms with Crippen molar-refractivity contribution in [1.29, 1.82) is 0 Å². The first-order chi connectivity index (χ1) is 18.0. The lowest BCUT2D eigenvalue weighted by Gasteiger charge is -2.17. The number of aryl methyl sites for hydroxylation is 2. The van der Waals surface area contributed by atoms with Gasteiger partial charge < -0.3 is 19.9 Å². The molecule has 208 valence electrons. The number of aliphatic carboxylic acids is 2. The smallest absolute Gasteiger partial charge is 0.332 e. The Bertz CT molecular complexity index is 1300. The summed E-state index contributed by atoms with van der Waals surface area (Å²) in [5.74, 6) is 3.56. The number of imidazole rings is 1. The van der Waals surface area contributed by atoms with Gasteiger partial charge in [-0.05, 0) is 58.5 Å². The molecule has 1 aliphatic rings. The lowest BCUT2D eigenvalue weighted by atomic mass is 9.99. The van der Waals surface area contributed by atoms with Crippen molar-refractivity contribution in [3.05, 3.63) is 39.3 Å². The monoisotopic (exact) mass is 531 g/mol. The van der Waals surface area contributed by atoms with Crippen molar-refractivity contribution < 1.29 is 24.9 Å². The number of rotatable bonds is 10. The molecule has 2 aromatic heterocycles. The van der Waals surface area contributed by atoms with Crippen LogP contribution in [0, 0.1) is 11.8 Å². The molecule has 1 unspecified atom stereocenters. The highest BCUT2D eigenvalue weighted by molar-refractivity contribution is 5.89. The van der Waals surface area contributed by atoms with E-state index in [0.29, 0.717) is 62.2 Å². The molecule has 0 radical (unpaired) electrons. The van der Waals surface area contributed by atoms with Crippen LogP contribution >= 0.6 is 0 Å². The number of hydrogen-bond donors (Lipinski definition) is 3. The van der Waals surface area contributed by atoms with Gasteiger partial charge in [-0.2, -0.15) is 0 Å². The summed E-state index contributed by atoms with van der Waals surface area (Å²) < 4.78 is 4.53. The van der Waals surface area contributed by atoms with E-state index in [9.17, 15) is 24.3 Å². The van der Waals surface area contributed by atoms with Crippen LogP contribution < -0.4 is 11.2 Å². The normalized spacial score (nSPS) is 15.1. The summed E-state index contributed by atoms with van der Waals surface area (Å²) in [6, 6.07) is 0. The quantitative estimate of drug-likeness (QED) is 0.231. The first-order valence-corrected chi connectivity index (χ1v) is 12.7. The van der Waals surface area contributed by atoms with E-state index in [2.05, 4.69) is 21.7 Å². The van der Waals surface area contributed by atoms with Crippen LogP contribution in [-0.4, -0.2) is 76.1 Å². The molecule has 0 spiro atoms. The molecule has 38 heavy (non-hydrogen) atoms. The number of fused-ring (bicyclic) bond motifs is 1. The number of carboxylic acid groups (broad SMARTS) is 2. The van der Waals surface area contributed by atoms with Crippen molar-refractivity contribution in [2.24, 2.45) is 7.05 Å². The van der Waals surface area contributed by atoms with Gasteiger partial charge in [0.1, 0.15) is 5.60 Å². The zero-order valence-corrected chi connectivity index (χ0v) is 22.2. The Kier molecular flexibility index (Phi) is 11.5. The summed E-state index contributed by atoms with van der Waals surface area (Å²) in [4.78, 5) is 51.2. The largest absolute Gasteiger partial charge is 0.478 e. The molecule has 1 saturated heterocycles. The van der Waals surface area contributed by atoms with E-state index in [-0.39, 0.29) is 11.2 Å². The average Bonchev–Trinajstić information content (AvgIpc) is 3.52. The number of carbonyl (C=O) groups is 2. The molecule has 0 aliphatic carbocycles. The molecule has 0 amide bonds. The number of likely N-dealkylation sites (tertiary alicyclic amines) is 1. The molecule has 3 N–H and O–H groups in total. The SMILES string of the molecule is CCCn1cnc2c1c(=O)n(CCCCC(C)(O)C#CCN1CCCC1)c(=O)n2C.O=C(O)C=CC(=O)O. The standard InChI is InChI=1S/C22H33N5O3.C4H4O4/c1-4-12-26-17-23-19-18(26)20(28)27(21(29)24(19)3)16-6-5-10-22(2,30)11-9-15-25-13-7-8-14-25;5-3(6)1-2-4(7)8/h17,30H,4-8,10,12-16H2,1-3H3;1-2H,(H,5,6)(H,7,8). The number of aliphatic hydroxyl groups is 1. The minimum absolute atomic E-state index is 0.295. The van der Waals surface area contributed by atoms with Crippen molar-refractivity contribution in [1.82, 2.24) is 23.6 Å². The lowest BCUT2D eigenvalue weighted by Crippen LogP contribution is -2.39. The Morgan fingerprint density at radius 3 is 2.32 bits per heavy atom. The van der Waals surface area contributed by atoms with Gasteiger partial charge >= 0.3 is 17.6 Å². The Morgan fingerprint density at radius 2 is 1.74 bits per heavy atom. The zero-order chi connectivity index (χ0) is 28.3. The van der Waals surface area contributed by atoms with Crippen molar-refractivity contribution in [3.63, 3.8) is 0 Å². The predicted octanol–water partition coefficient (Wildman–Crippen LogP) is 1.04. The van der Waals surface area contributed by atoms with Gasteiger partial charge in [-0.3, -0.25) is 18.8 Å². The van der Waals surface area contributed by atoms with Crippen LogP contribution in [0.4, 0.5) is 0 Å². The molecule has 12 heteroatoms. The van der Waals surface area contributed by atoms with E-state index < -0.39 is 17.5 Å². The molecular weight excluding hydrogens is 494 g/mol. The van der Waals surface area contributed by atoms with Crippen molar-refractivity contribution in [3.8, 4) is 11.8 Å². The van der Waals surface area contributed by atoms with Crippen LogP contribution in [0.2, 0.25) is 0 Å². The van der Waals surface area contributed by atoms with Gasteiger partial charge in [-0.15, -0.1) is 0 Å². The van der Waals surface area contributed by atoms with Crippen LogP contribution in [0.3, 0.4) is 0 Å². The minimum atomic E-state index is -1.26. The van der Waals surface area contributed by atoms with Gasteiger partial charge in [0, 0.05) is 32.3 Å². The van der Waals surface area contributed by atoms with Crippen LogP contribution in [-0.2, 0) is 29.7 Å². The van der Waals surface area contributed by atoms with E-state index in [1.54, 1.807) is 20.3 Å². The van der Waals surface area contributed by atoms with Crippen molar-refractivity contribution in [2.45, 2.75) is 71.1 Å². The third-order valence-electron chi connectivity index (χ3n) is 6.09. The first kappa shape index (κ1) is 30.5. The maximum atomic E-state index is 12.9. The predicted molar refractivity (Wildman–Crippen MR) is 142 cm³/mol. The summed E-state index contributed by atoms with van der Waals surface area (Å²) in [6.07, 6.45) is 7.86. The highest BCUT2D eigenvalue weighted by atomic mass is 16.4. The number of nitrogens with zero attached hydrogens (tertiary/aromatic N) is 5. The third kappa shape index (κ3) is 9.00. The summed E-state index contributed by atoms with van der Waals surface area (Å²) in [5, 5.41) is 26.1. The Hall–Kier alpha value is -3.69. The van der Waals surface area contributed by atoms with Crippen LogP contribution in [0.15, 0.2) is 28.1 Å². The molecule has 3 rings (SSSR count). The molecule has 12 nitrogen and oxygen atoms in total. The summed E-state index contributed by atoms with van der Waals surface area (Å²) in [5.41, 5.74) is -0.813. The molecule has 3 heterocycles. The number of carboxylic acids is 2. The number of aromatic nitrogens is 4. The fourth-order valence-electron chi connectivity index (χ4n) is 4.16. The Morgan fingerprint density at radius 1 is 1.11 bits per heavy atom. The van der Waals surface area contributed by atoms with E-state index >= 15 is 0 Å². The topological polar surface area (TPSA) is 160 Å². The fourth-order valence-corrected chi connectivity index (χ4v) is 4.16. The molecule has 1 atom stereocenters. The lowest BCUT2D eigenvalue weighted by molar-refractivity contribution is -0.134. The highest BCUT2D eigenvalue weighted by Crippen LogP contribution is 2.13. The van der Waals surface area contributed by atoms with Crippen LogP contribution in [0.5, 0.6) is 0 Å². The second-order valence-electron chi connectivity index (χ2n) is 9.43. The van der Waals surface area contributed by atoms with E-state index in [1.165, 1.54) is 22.0 Å². The molecule has 1 fully saturated rings. The van der Waals surface area contributed by atoms with Crippen molar-refractivity contribution in [2.75, 3.05) is 19.6 Å². The van der Waals surface area contributed by atoms with Gasteiger partial charge in [0.15, 0.2) is 11.2 Å². The summed E-state index contributed by atoms with van der Waals surface area (Å²) >= 11 is 0. The second-order valence-corrected chi connectivity index (χ2v) is 9.43. The first-order valence-electron chi connectivity index (χ1n) is 12.7. The summed E-state index contributed by atoms with van der Waals surface area (Å²) in [6.45, 7) is 7.63. The van der Waals surface area contributed by atoms with E-state index in [0.717, 1.165) is 19.5 Å². The third-order valence-corrected chi connectivity index (χ3v) is 6.09. The van der Waals surface area contributed by atoms with Gasteiger partial charge in [0.2, 0.25) is 0 Å². The molecular formula is C26H37N5O7. The molecule has 0 saturated carbocycles. The zero-order valence-electron chi connectivity index (χ0n) is 22.2. The maximum Gasteiger partial charge on any atom is 0.332 e. The van der Waals surface area contributed by atoms with E-state index in [1.807, 2.05) is 11.5 Å². The summed E-state index contributed by atoms with van der Waals surface area (Å²) in [7, 11) is 1.64. The second kappa shape index (κ2) is 14.3. The highest BCUT2D eigenvalue weighted by Gasteiger charge is 2.18. The van der Waals surface area contributed by atoms with Gasteiger partial charge in [0.25, 0.3) is 5.56 Å². The Balaban J connectivity index is 0.000000550.